The smallest absolute Gasteiger partial charge is 0.224 e. The molecule has 1 atom stereocenters. The van der Waals surface area contributed by atoms with E-state index in [9.17, 15) is 9.90 Å². The van der Waals surface area contributed by atoms with Crippen LogP contribution in [0.3, 0.4) is 0 Å². The standard InChI is InChI=1S/C22H25NO3/c1-14-3-2-4-15(9-14)10-21(25)23-22(18-12-19(24)13-18)17-5-6-20-16(11-17)7-8-26-20/h2-6,9,11,18-19,22,24H,7-8,10,12-13H2,1H3,(H,23,25)/t18?,19?,22-/m0/s1. The zero-order valence-corrected chi connectivity index (χ0v) is 15.1. The third-order valence-corrected chi connectivity index (χ3v) is 5.46. The highest BCUT2D eigenvalue weighted by Crippen LogP contribution is 2.39. The maximum atomic E-state index is 12.7. The first-order chi connectivity index (χ1) is 12.6. The van der Waals surface area contributed by atoms with Gasteiger partial charge in [-0.25, -0.2) is 0 Å². The molecule has 0 spiro atoms. The van der Waals surface area contributed by atoms with E-state index >= 15 is 0 Å². The molecule has 136 valence electrons. The molecule has 0 saturated heterocycles. The summed E-state index contributed by atoms with van der Waals surface area (Å²) in [7, 11) is 0. The number of nitrogens with one attached hydrogen (secondary N) is 1. The van der Waals surface area contributed by atoms with Crippen LogP contribution in [0.15, 0.2) is 42.5 Å². The fourth-order valence-electron chi connectivity index (χ4n) is 4.01. The number of amides is 1. The molecule has 4 nitrogen and oxygen atoms in total. The second-order valence-corrected chi connectivity index (χ2v) is 7.56. The van der Waals surface area contributed by atoms with Gasteiger partial charge in [-0.2, -0.15) is 0 Å². The minimum absolute atomic E-state index is 0.0266. The van der Waals surface area contributed by atoms with Crippen LogP contribution < -0.4 is 10.1 Å². The van der Waals surface area contributed by atoms with Gasteiger partial charge in [-0.15, -0.1) is 0 Å². The quantitative estimate of drug-likeness (QED) is 0.870. The van der Waals surface area contributed by atoms with Crippen LogP contribution in [0.25, 0.3) is 0 Å². The van der Waals surface area contributed by atoms with Crippen LogP contribution in [0.5, 0.6) is 5.75 Å². The second-order valence-electron chi connectivity index (χ2n) is 7.56. The summed E-state index contributed by atoms with van der Waals surface area (Å²) in [6.07, 6.45) is 2.53. The SMILES string of the molecule is Cc1cccc(CC(=O)N[C@@H](c2ccc3c(c2)CCO3)C2CC(O)C2)c1. The topological polar surface area (TPSA) is 58.6 Å². The normalized spacial score (nSPS) is 22.1. The maximum absolute atomic E-state index is 12.7. The number of carbonyl (C=O) groups is 1. The van der Waals surface area contributed by atoms with Gasteiger partial charge in [0.15, 0.2) is 0 Å². The summed E-state index contributed by atoms with van der Waals surface area (Å²) >= 11 is 0. The lowest BCUT2D eigenvalue weighted by molar-refractivity contribution is -0.122. The Labute approximate surface area is 154 Å². The van der Waals surface area contributed by atoms with Gasteiger partial charge in [0.25, 0.3) is 0 Å². The molecule has 1 fully saturated rings. The fraction of sp³-hybridized carbons (Fsp3) is 0.409. The van der Waals surface area contributed by atoms with E-state index in [1.807, 2.05) is 37.3 Å². The Morgan fingerprint density at radius 1 is 1.27 bits per heavy atom. The van der Waals surface area contributed by atoms with Crippen LogP contribution in [0.2, 0.25) is 0 Å². The van der Waals surface area contributed by atoms with Gasteiger partial charge in [-0.05, 0) is 54.5 Å². The first kappa shape index (κ1) is 17.1. The molecule has 1 heterocycles. The molecule has 0 bridgehead atoms. The summed E-state index contributed by atoms with van der Waals surface area (Å²) < 4.78 is 5.59. The molecule has 1 saturated carbocycles. The number of fused-ring (bicyclic) bond motifs is 1. The number of hydrogen-bond donors (Lipinski definition) is 2. The molecule has 4 heteroatoms. The number of rotatable bonds is 5. The molecule has 2 aromatic carbocycles. The Morgan fingerprint density at radius 3 is 2.88 bits per heavy atom. The molecule has 1 aliphatic carbocycles. The number of hydrogen-bond acceptors (Lipinski definition) is 3. The number of ether oxygens (including phenoxy) is 1. The minimum Gasteiger partial charge on any atom is -0.493 e. The lowest BCUT2D eigenvalue weighted by atomic mass is 9.74. The molecular weight excluding hydrogens is 326 g/mol. The molecular formula is C22H25NO3. The molecule has 26 heavy (non-hydrogen) atoms. The van der Waals surface area contributed by atoms with Crippen molar-refractivity contribution >= 4 is 5.91 Å². The Balaban J connectivity index is 1.51. The van der Waals surface area contributed by atoms with Gasteiger partial charge in [0.1, 0.15) is 5.75 Å². The summed E-state index contributed by atoms with van der Waals surface area (Å²) in [4.78, 5) is 12.7. The van der Waals surface area contributed by atoms with E-state index in [4.69, 9.17) is 4.74 Å². The summed E-state index contributed by atoms with van der Waals surface area (Å²) in [5.41, 5.74) is 4.51. The number of benzene rings is 2. The van der Waals surface area contributed by atoms with Crippen molar-refractivity contribution in [2.45, 2.75) is 44.8 Å². The molecule has 0 aromatic heterocycles. The Morgan fingerprint density at radius 2 is 2.12 bits per heavy atom. The Bertz CT molecular complexity index is 811. The van der Waals surface area contributed by atoms with Crippen molar-refractivity contribution in [3.8, 4) is 5.75 Å². The van der Waals surface area contributed by atoms with Gasteiger partial charge in [-0.3, -0.25) is 4.79 Å². The highest BCUT2D eigenvalue weighted by molar-refractivity contribution is 5.79. The predicted octanol–water partition coefficient (Wildman–Crippen LogP) is 3.10. The van der Waals surface area contributed by atoms with Crippen LogP contribution in [0.4, 0.5) is 0 Å². The van der Waals surface area contributed by atoms with Crippen LogP contribution in [-0.4, -0.2) is 23.7 Å². The van der Waals surface area contributed by atoms with Crippen molar-refractivity contribution in [2.75, 3.05) is 6.61 Å². The van der Waals surface area contributed by atoms with Crippen molar-refractivity contribution in [3.63, 3.8) is 0 Å². The van der Waals surface area contributed by atoms with Crippen LogP contribution in [-0.2, 0) is 17.6 Å². The van der Waals surface area contributed by atoms with Crippen molar-refractivity contribution in [2.24, 2.45) is 5.92 Å². The van der Waals surface area contributed by atoms with E-state index in [2.05, 4.69) is 17.4 Å². The zero-order chi connectivity index (χ0) is 18.1. The van der Waals surface area contributed by atoms with Crippen LogP contribution in [0, 0.1) is 12.8 Å². The molecule has 4 rings (SSSR count). The molecule has 1 aliphatic heterocycles. The number of aryl methyl sites for hydroxylation is 1. The highest BCUT2D eigenvalue weighted by atomic mass is 16.5. The summed E-state index contributed by atoms with van der Waals surface area (Å²) in [5.74, 6) is 1.26. The van der Waals surface area contributed by atoms with Gasteiger partial charge in [0.2, 0.25) is 5.91 Å². The largest absolute Gasteiger partial charge is 0.493 e. The Hall–Kier alpha value is -2.33. The van der Waals surface area contributed by atoms with Crippen LogP contribution in [0.1, 0.15) is 41.1 Å². The number of aliphatic hydroxyl groups is 1. The summed E-state index contributed by atoms with van der Waals surface area (Å²) in [6, 6.07) is 14.2. The first-order valence-corrected chi connectivity index (χ1v) is 9.37. The average Bonchev–Trinajstić information content (AvgIpc) is 3.05. The van der Waals surface area contributed by atoms with Crippen molar-refractivity contribution in [1.82, 2.24) is 5.32 Å². The van der Waals surface area contributed by atoms with E-state index in [1.54, 1.807) is 0 Å². The highest BCUT2D eigenvalue weighted by Gasteiger charge is 2.36. The fourth-order valence-corrected chi connectivity index (χ4v) is 4.01. The molecule has 2 N–H and O–H groups in total. The second kappa shape index (κ2) is 7.12. The van der Waals surface area contributed by atoms with Crippen molar-refractivity contribution in [1.29, 1.82) is 0 Å². The van der Waals surface area contributed by atoms with Crippen molar-refractivity contribution < 1.29 is 14.6 Å². The van der Waals surface area contributed by atoms with Crippen LogP contribution >= 0.6 is 0 Å². The molecule has 2 aliphatic rings. The van der Waals surface area contributed by atoms with E-state index in [0.29, 0.717) is 6.42 Å². The lowest BCUT2D eigenvalue weighted by Gasteiger charge is -2.38. The zero-order valence-electron chi connectivity index (χ0n) is 15.1. The number of carbonyl (C=O) groups excluding carboxylic acids is 1. The predicted molar refractivity (Wildman–Crippen MR) is 100 cm³/mol. The average molecular weight is 351 g/mol. The van der Waals surface area contributed by atoms with Crippen molar-refractivity contribution in [3.05, 3.63) is 64.7 Å². The van der Waals surface area contributed by atoms with Gasteiger partial charge in [0, 0.05) is 6.42 Å². The van der Waals surface area contributed by atoms with E-state index in [-0.39, 0.29) is 24.0 Å². The maximum Gasteiger partial charge on any atom is 0.224 e. The molecule has 0 unspecified atom stereocenters. The third-order valence-electron chi connectivity index (χ3n) is 5.46. The van der Waals surface area contributed by atoms with Gasteiger partial charge in [-0.1, -0.05) is 35.9 Å². The van der Waals surface area contributed by atoms with Gasteiger partial charge in [0.05, 0.1) is 25.2 Å². The van der Waals surface area contributed by atoms with Gasteiger partial charge >= 0.3 is 0 Å². The van der Waals surface area contributed by atoms with E-state index < -0.39 is 0 Å². The molecule has 1 amide bonds. The third kappa shape index (κ3) is 3.61. The Kier molecular flexibility index (Phi) is 4.68. The monoisotopic (exact) mass is 351 g/mol. The molecule has 0 radical (unpaired) electrons. The first-order valence-electron chi connectivity index (χ1n) is 9.37. The number of aliphatic hydroxyl groups excluding tert-OH is 1. The lowest BCUT2D eigenvalue weighted by Crippen LogP contribution is -2.41. The van der Waals surface area contributed by atoms with Gasteiger partial charge < -0.3 is 15.2 Å². The minimum atomic E-state index is -0.242. The van der Waals surface area contributed by atoms with E-state index in [0.717, 1.165) is 48.3 Å². The summed E-state index contributed by atoms with van der Waals surface area (Å²) in [6.45, 7) is 2.76. The molecule has 2 aromatic rings. The van der Waals surface area contributed by atoms with E-state index in [1.165, 1.54) is 5.56 Å². The summed E-state index contributed by atoms with van der Waals surface area (Å²) in [5, 5.41) is 13.0.